The second kappa shape index (κ2) is 15.5. The molecule has 0 spiro atoms. The molecular formula is C37H49FN10O4. The molecule has 0 bridgehead atoms. The maximum Gasteiger partial charge on any atom is 0.411 e. The minimum atomic E-state index is -0.960. The molecule has 3 aliphatic rings. The van der Waals surface area contributed by atoms with Gasteiger partial charge in [-0.15, -0.1) is 0 Å². The van der Waals surface area contributed by atoms with E-state index in [1.807, 2.05) is 25.3 Å². The summed E-state index contributed by atoms with van der Waals surface area (Å²) in [6.07, 6.45) is 7.99. The smallest absolute Gasteiger partial charge is 0.411 e. The summed E-state index contributed by atoms with van der Waals surface area (Å²) in [5, 5.41) is 12.0. The van der Waals surface area contributed by atoms with Crippen molar-refractivity contribution in [3.63, 3.8) is 0 Å². The molecule has 0 unspecified atom stereocenters. The Morgan fingerprint density at radius 2 is 1.81 bits per heavy atom. The lowest BCUT2D eigenvalue weighted by Gasteiger charge is -2.37. The predicted octanol–water partition coefficient (Wildman–Crippen LogP) is 5.81. The van der Waals surface area contributed by atoms with Crippen LogP contribution in [0.1, 0.15) is 77.7 Å². The topological polar surface area (TPSA) is 155 Å². The van der Waals surface area contributed by atoms with Crippen molar-refractivity contribution in [3.05, 3.63) is 54.0 Å². The van der Waals surface area contributed by atoms with Crippen LogP contribution in [-0.4, -0.2) is 112 Å². The molecule has 2 atom stereocenters. The second-order valence-electron chi connectivity index (χ2n) is 15.0. The summed E-state index contributed by atoms with van der Waals surface area (Å²) >= 11 is 0. The van der Waals surface area contributed by atoms with Gasteiger partial charge in [0.15, 0.2) is 11.5 Å². The van der Waals surface area contributed by atoms with Crippen LogP contribution >= 0.6 is 0 Å². The molecule has 14 nitrogen and oxygen atoms in total. The van der Waals surface area contributed by atoms with Gasteiger partial charge in [-0.2, -0.15) is 0 Å². The van der Waals surface area contributed by atoms with Gasteiger partial charge >= 0.3 is 12.1 Å². The number of halogens is 1. The van der Waals surface area contributed by atoms with Crippen molar-refractivity contribution >= 4 is 35.0 Å². The van der Waals surface area contributed by atoms with Gasteiger partial charge in [0.25, 0.3) is 0 Å². The summed E-state index contributed by atoms with van der Waals surface area (Å²) in [5.41, 5.74) is 2.84. The number of piperazine rings is 1. The Labute approximate surface area is 303 Å². The van der Waals surface area contributed by atoms with Gasteiger partial charge in [-0.25, -0.2) is 38.9 Å². The third-order valence-electron chi connectivity index (χ3n) is 9.57. The number of pyridine rings is 2. The van der Waals surface area contributed by atoms with Crippen LogP contribution in [0, 0.1) is 12.7 Å². The number of amides is 1. The number of aliphatic carboxylic acids is 1. The Kier molecular flexibility index (Phi) is 11.0. The largest absolute Gasteiger partial charge is 0.480 e. The number of aromatic nitrogens is 6. The van der Waals surface area contributed by atoms with Crippen LogP contribution in [0.25, 0.3) is 22.4 Å². The lowest BCUT2D eigenvalue weighted by molar-refractivity contribution is -0.142. The molecule has 1 amide bonds. The summed E-state index contributed by atoms with van der Waals surface area (Å²) in [6, 6.07) is 6.07. The van der Waals surface area contributed by atoms with Crippen molar-refractivity contribution in [1.82, 2.24) is 44.2 Å². The highest BCUT2D eigenvalue weighted by Gasteiger charge is 2.36. The molecule has 3 fully saturated rings. The molecule has 0 saturated carbocycles. The molecule has 2 N–H and O–H groups in total. The molecule has 3 aliphatic heterocycles. The summed E-state index contributed by atoms with van der Waals surface area (Å²) < 4.78 is 22.0. The maximum atomic E-state index is 14.8. The third kappa shape index (κ3) is 8.64. The van der Waals surface area contributed by atoms with Crippen LogP contribution in [0.3, 0.4) is 0 Å². The van der Waals surface area contributed by atoms with Crippen molar-refractivity contribution in [2.45, 2.75) is 97.5 Å². The van der Waals surface area contributed by atoms with E-state index in [9.17, 15) is 14.0 Å². The van der Waals surface area contributed by atoms with E-state index in [4.69, 9.17) is 9.84 Å². The minimum Gasteiger partial charge on any atom is -0.480 e. The van der Waals surface area contributed by atoms with Crippen molar-refractivity contribution < 1.29 is 23.8 Å². The normalized spacial score (nSPS) is 19.4. The fourth-order valence-electron chi connectivity index (χ4n) is 7.23. The fraction of sp³-hybridized carbons (Fsp3) is 0.541. The van der Waals surface area contributed by atoms with E-state index >= 15 is 0 Å². The zero-order chi connectivity index (χ0) is 37.2. The lowest BCUT2D eigenvalue weighted by Crippen LogP contribution is -2.49. The SMILES string of the molecule is CC(C)(C)OC(=O)N1CCC[C@H]1C(=O)O.Cc1nc2ncc(-c3nc(Nc4ccc(CN5CCN6CCC[C@H]6C5)cn4)ncc3F)cc2n1C(C)C. The molecule has 278 valence electrons. The number of hydrogen-bond donors (Lipinski definition) is 2. The number of imidazole rings is 1. The van der Waals surface area contributed by atoms with Crippen LogP contribution in [0.5, 0.6) is 0 Å². The van der Waals surface area contributed by atoms with E-state index in [-0.39, 0.29) is 17.7 Å². The molecule has 0 aromatic carbocycles. The molecule has 3 saturated heterocycles. The molecule has 4 aromatic heterocycles. The number of aryl methyl sites for hydroxylation is 1. The van der Waals surface area contributed by atoms with Crippen LogP contribution in [0.2, 0.25) is 0 Å². The van der Waals surface area contributed by atoms with E-state index in [0.29, 0.717) is 36.0 Å². The van der Waals surface area contributed by atoms with Crippen molar-refractivity contribution in [3.8, 4) is 11.3 Å². The second-order valence-corrected chi connectivity index (χ2v) is 15.0. The van der Waals surface area contributed by atoms with Crippen LogP contribution in [0.4, 0.5) is 21.0 Å². The predicted molar refractivity (Wildman–Crippen MR) is 195 cm³/mol. The number of carboxylic acid groups (broad SMARTS) is 1. The van der Waals surface area contributed by atoms with Crippen LogP contribution in [-0.2, 0) is 16.1 Å². The Balaban J connectivity index is 0.000000261. The summed E-state index contributed by atoms with van der Waals surface area (Å²) in [6.45, 7) is 17.4. The molecule has 0 radical (unpaired) electrons. The molecule has 0 aliphatic carbocycles. The monoisotopic (exact) mass is 716 g/mol. The summed E-state index contributed by atoms with van der Waals surface area (Å²) in [7, 11) is 0. The average Bonchev–Trinajstić information content (AvgIpc) is 3.84. The zero-order valence-corrected chi connectivity index (χ0v) is 30.8. The van der Waals surface area contributed by atoms with Crippen LogP contribution in [0.15, 0.2) is 36.8 Å². The number of carbonyl (C=O) groups excluding carboxylic acids is 1. The van der Waals surface area contributed by atoms with E-state index in [0.717, 1.165) is 43.9 Å². The maximum absolute atomic E-state index is 14.8. The van der Waals surface area contributed by atoms with Crippen molar-refractivity contribution in [2.75, 3.05) is 38.0 Å². The number of anilines is 2. The van der Waals surface area contributed by atoms with Gasteiger partial charge < -0.3 is 19.7 Å². The molecule has 7 rings (SSSR count). The zero-order valence-electron chi connectivity index (χ0n) is 30.8. The highest BCUT2D eigenvalue weighted by atomic mass is 19.1. The number of hydrogen-bond acceptors (Lipinski definition) is 11. The fourth-order valence-corrected chi connectivity index (χ4v) is 7.23. The number of nitrogens with zero attached hydrogens (tertiary/aromatic N) is 9. The Hall–Kier alpha value is -4.76. The van der Waals surface area contributed by atoms with E-state index in [1.165, 1.54) is 36.0 Å². The first-order valence-corrected chi connectivity index (χ1v) is 18.0. The van der Waals surface area contributed by atoms with Gasteiger partial charge in [0.1, 0.15) is 29.0 Å². The van der Waals surface area contributed by atoms with Crippen molar-refractivity contribution in [1.29, 1.82) is 0 Å². The highest BCUT2D eigenvalue weighted by molar-refractivity contribution is 5.81. The average molecular weight is 717 g/mol. The lowest BCUT2D eigenvalue weighted by atomic mass is 10.1. The summed E-state index contributed by atoms with van der Waals surface area (Å²) in [5.74, 6) is 0.296. The number of likely N-dealkylation sites (tertiary alicyclic amines) is 1. The molecule has 15 heteroatoms. The van der Waals surface area contributed by atoms with Gasteiger partial charge in [-0.1, -0.05) is 6.07 Å². The number of rotatable bonds is 7. The third-order valence-corrected chi connectivity index (χ3v) is 9.57. The first-order valence-electron chi connectivity index (χ1n) is 18.0. The van der Waals surface area contributed by atoms with Gasteiger partial charge in [0, 0.05) is 62.8 Å². The van der Waals surface area contributed by atoms with Gasteiger partial charge in [0.2, 0.25) is 5.95 Å². The number of nitrogens with one attached hydrogen (secondary N) is 1. The Morgan fingerprint density at radius 3 is 2.52 bits per heavy atom. The Bertz CT molecular complexity index is 1890. The molecular weight excluding hydrogens is 667 g/mol. The first-order chi connectivity index (χ1) is 24.8. The number of ether oxygens (including phenoxy) is 1. The van der Waals surface area contributed by atoms with E-state index in [2.05, 4.69) is 64.5 Å². The number of carboxylic acids is 1. The number of fused-ring (bicyclic) bond motifs is 2. The Morgan fingerprint density at radius 1 is 1.02 bits per heavy atom. The number of carbonyl (C=O) groups is 2. The standard InChI is InChI=1S/C27H32FN9.C10H17NO4/c1-17(2)37-18(3)32-26-23(37)11-20(13-30-26)25-22(28)14-31-27(34-25)33-24-7-6-19(12-29-24)15-35-9-10-36-8-4-5-21(36)16-35;1-10(2,3)15-9(14)11-6-4-5-7(11)8(12)13/h6-7,11-14,17,21H,4-5,8-10,15-16H2,1-3H3,(H,29,31,33,34);7H,4-6H2,1-3H3,(H,12,13)/t21-;7-/m00/s1. The first kappa shape index (κ1) is 37.0. The van der Waals surface area contributed by atoms with Crippen LogP contribution < -0.4 is 5.32 Å². The van der Waals surface area contributed by atoms with Crippen molar-refractivity contribution in [2.24, 2.45) is 0 Å². The highest BCUT2D eigenvalue weighted by Crippen LogP contribution is 2.28. The molecule has 4 aromatic rings. The van der Waals surface area contributed by atoms with Gasteiger partial charge in [0.05, 0.1) is 11.7 Å². The summed E-state index contributed by atoms with van der Waals surface area (Å²) in [4.78, 5) is 51.0. The molecule has 7 heterocycles. The molecule has 52 heavy (non-hydrogen) atoms. The minimum absolute atomic E-state index is 0.184. The quantitative estimate of drug-likeness (QED) is 0.237. The van der Waals surface area contributed by atoms with E-state index < -0.39 is 29.5 Å². The van der Waals surface area contributed by atoms with Gasteiger partial charge in [-0.3, -0.25) is 14.7 Å². The van der Waals surface area contributed by atoms with Gasteiger partial charge in [-0.05, 0) is 91.5 Å². The van der Waals surface area contributed by atoms with E-state index in [1.54, 1.807) is 27.0 Å².